The molecule has 1 aliphatic carbocycles. The van der Waals surface area contributed by atoms with E-state index in [9.17, 15) is 14.7 Å². The third-order valence-electron chi connectivity index (χ3n) is 7.31. The van der Waals surface area contributed by atoms with Crippen molar-refractivity contribution in [2.75, 3.05) is 19.7 Å². The maximum absolute atomic E-state index is 13.1. The van der Waals surface area contributed by atoms with Crippen molar-refractivity contribution in [3.63, 3.8) is 0 Å². The number of rotatable bonds is 4. The Labute approximate surface area is 182 Å². The highest BCUT2D eigenvalue weighted by Crippen LogP contribution is 2.43. The van der Waals surface area contributed by atoms with Gasteiger partial charge in [-0.1, -0.05) is 49.6 Å². The predicted octanol–water partition coefficient (Wildman–Crippen LogP) is 2.83. The van der Waals surface area contributed by atoms with Crippen molar-refractivity contribution in [1.82, 2.24) is 14.8 Å². The van der Waals surface area contributed by atoms with Crippen LogP contribution in [-0.4, -0.2) is 63.5 Å². The largest absolute Gasteiger partial charge is 0.394 e. The first-order valence-electron chi connectivity index (χ1n) is 11.4. The molecule has 1 aromatic heterocycles. The fourth-order valence-electron chi connectivity index (χ4n) is 5.71. The molecule has 3 aliphatic rings. The van der Waals surface area contributed by atoms with E-state index in [-0.39, 0.29) is 48.9 Å². The van der Waals surface area contributed by atoms with Crippen LogP contribution in [0, 0.1) is 5.92 Å². The van der Waals surface area contributed by atoms with E-state index in [1.54, 1.807) is 11.1 Å². The molecule has 3 atom stereocenters. The normalized spacial score (nSPS) is 26.4. The summed E-state index contributed by atoms with van der Waals surface area (Å²) < 4.78 is 0. The van der Waals surface area contributed by atoms with Crippen molar-refractivity contribution in [2.45, 2.75) is 50.1 Å². The number of aliphatic hydroxyl groups excluding tert-OH is 1. The molecule has 2 amide bonds. The Morgan fingerprint density at radius 1 is 1.06 bits per heavy atom. The maximum atomic E-state index is 13.1. The van der Waals surface area contributed by atoms with Crippen LogP contribution >= 0.6 is 0 Å². The van der Waals surface area contributed by atoms with Crippen LogP contribution in [0.5, 0.6) is 0 Å². The third kappa shape index (κ3) is 3.63. The molecule has 2 saturated heterocycles. The number of hydrogen-bond acceptors (Lipinski definition) is 4. The minimum atomic E-state index is -0.214. The van der Waals surface area contributed by atoms with Gasteiger partial charge in [-0.25, -0.2) is 0 Å². The summed E-state index contributed by atoms with van der Waals surface area (Å²) in [6, 6.07) is 12.0. The van der Waals surface area contributed by atoms with E-state index in [1.165, 1.54) is 6.42 Å². The molecule has 2 aliphatic heterocycles. The zero-order chi connectivity index (χ0) is 21.4. The summed E-state index contributed by atoms with van der Waals surface area (Å²) in [6.07, 6.45) is 8.89. The van der Waals surface area contributed by atoms with Crippen LogP contribution in [0.2, 0.25) is 0 Å². The molecule has 5 rings (SSSR count). The molecule has 31 heavy (non-hydrogen) atoms. The number of fused-ring (bicyclic) bond motifs is 1. The van der Waals surface area contributed by atoms with Crippen molar-refractivity contribution < 1.29 is 14.7 Å². The number of benzene rings is 1. The minimum absolute atomic E-state index is 0.0392. The fourth-order valence-corrected chi connectivity index (χ4v) is 5.71. The molecule has 3 heterocycles. The van der Waals surface area contributed by atoms with Gasteiger partial charge in [0.05, 0.1) is 25.2 Å². The van der Waals surface area contributed by atoms with Gasteiger partial charge in [0.25, 0.3) is 0 Å². The first kappa shape index (κ1) is 20.2. The number of aliphatic hydroxyl groups is 1. The van der Waals surface area contributed by atoms with E-state index in [0.29, 0.717) is 6.54 Å². The van der Waals surface area contributed by atoms with Gasteiger partial charge in [-0.3, -0.25) is 14.6 Å². The summed E-state index contributed by atoms with van der Waals surface area (Å²) in [5.41, 5.74) is 3.25. The molecular formula is C25H29N3O3. The zero-order valence-electron chi connectivity index (χ0n) is 17.7. The van der Waals surface area contributed by atoms with Crippen LogP contribution in [0.3, 0.4) is 0 Å². The second-order valence-electron chi connectivity index (χ2n) is 9.06. The lowest BCUT2D eigenvalue weighted by molar-refractivity contribution is -0.168. The van der Waals surface area contributed by atoms with Crippen LogP contribution in [0.4, 0.5) is 0 Å². The van der Waals surface area contributed by atoms with Gasteiger partial charge in [0.1, 0.15) is 0 Å². The van der Waals surface area contributed by atoms with Crippen molar-refractivity contribution in [1.29, 1.82) is 0 Å². The lowest BCUT2D eigenvalue weighted by Gasteiger charge is -2.59. The van der Waals surface area contributed by atoms with Gasteiger partial charge in [-0.2, -0.15) is 0 Å². The molecule has 6 heteroatoms. The standard InChI is InChI=1S/C25H29N3O3/c29-16-22-24(18-10-8-17(9-11-18)20-7-4-12-26-13-20)21-14-27(15-23(30)28(21)22)25(31)19-5-2-1-3-6-19/h4,7-13,19,21-22,24,29H,1-3,5-6,14-16H2/t21-,22+,24+/m0/s1. The van der Waals surface area contributed by atoms with Crippen molar-refractivity contribution in [3.8, 4) is 11.1 Å². The minimum Gasteiger partial charge on any atom is -0.394 e. The number of piperazine rings is 1. The highest BCUT2D eigenvalue weighted by atomic mass is 16.3. The molecule has 0 spiro atoms. The number of carbonyl (C=O) groups excluding carboxylic acids is 2. The third-order valence-corrected chi connectivity index (χ3v) is 7.31. The Kier molecular flexibility index (Phi) is 5.48. The summed E-state index contributed by atoms with van der Waals surface area (Å²) in [6.45, 7) is 0.648. The van der Waals surface area contributed by atoms with Gasteiger partial charge in [0.2, 0.25) is 11.8 Å². The smallest absolute Gasteiger partial charge is 0.242 e. The summed E-state index contributed by atoms with van der Waals surface area (Å²) in [4.78, 5) is 33.7. The van der Waals surface area contributed by atoms with Crippen molar-refractivity contribution in [3.05, 3.63) is 54.4 Å². The van der Waals surface area contributed by atoms with Gasteiger partial charge in [0.15, 0.2) is 0 Å². The average molecular weight is 420 g/mol. The fraction of sp³-hybridized carbons (Fsp3) is 0.480. The molecule has 1 aromatic carbocycles. The lowest BCUT2D eigenvalue weighted by Crippen LogP contribution is -2.73. The molecule has 0 bridgehead atoms. The number of hydrogen-bond donors (Lipinski definition) is 1. The topological polar surface area (TPSA) is 73.7 Å². The Morgan fingerprint density at radius 3 is 2.52 bits per heavy atom. The molecular weight excluding hydrogens is 390 g/mol. The summed E-state index contributed by atoms with van der Waals surface area (Å²) in [5, 5.41) is 10.0. The van der Waals surface area contributed by atoms with Crippen LogP contribution in [0.25, 0.3) is 11.1 Å². The van der Waals surface area contributed by atoms with E-state index in [2.05, 4.69) is 29.2 Å². The van der Waals surface area contributed by atoms with Crippen molar-refractivity contribution >= 4 is 11.8 Å². The molecule has 6 nitrogen and oxygen atoms in total. The second kappa shape index (κ2) is 8.42. The molecule has 0 radical (unpaired) electrons. The quantitative estimate of drug-likeness (QED) is 0.827. The van der Waals surface area contributed by atoms with Crippen LogP contribution in [-0.2, 0) is 9.59 Å². The molecule has 0 unspecified atom stereocenters. The average Bonchev–Trinajstić information content (AvgIpc) is 2.81. The van der Waals surface area contributed by atoms with Gasteiger partial charge >= 0.3 is 0 Å². The molecule has 1 saturated carbocycles. The first-order valence-corrected chi connectivity index (χ1v) is 11.4. The van der Waals surface area contributed by atoms with Crippen LogP contribution in [0.15, 0.2) is 48.8 Å². The monoisotopic (exact) mass is 419 g/mol. The Bertz CT molecular complexity index is 940. The molecule has 3 fully saturated rings. The van der Waals surface area contributed by atoms with Gasteiger partial charge in [-0.05, 0) is 35.6 Å². The van der Waals surface area contributed by atoms with Crippen LogP contribution < -0.4 is 0 Å². The van der Waals surface area contributed by atoms with Gasteiger partial charge in [0, 0.05) is 30.8 Å². The van der Waals surface area contributed by atoms with Crippen molar-refractivity contribution in [2.24, 2.45) is 5.92 Å². The van der Waals surface area contributed by atoms with E-state index in [4.69, 9.17) is 0 Å². The van der Waals surface area contributed by atoms with E-state index < -0.39 is 0 Å². The van der Waals surface area contributed by atoms with E-state index in [0.717, 1.165) is 42.4 Å². The highest BCUT2D eigenvalue weighted by molar-refractivity contribution is 5.88. The molecule has 1 N–H and O–H groups in total. The number of carbonyl (C=O) groups is 2. The number of amides is 2. The Balaban J connectivity index is 1.35. The molecule has 2 aromatic rings. The SMILES string of the molecule is O=C(C1CCCCC1)N1CC(=O)N2[C@H](CO)[C@H](c3ccc(-c4cccnc4)cc3)[C@@H]2C1. The van der Waals surface area contributed by atoms with Crippen LogP contribution in [0.1, 0.15) is 43.6 Å². The predicted molar refractivity (Wildman–Crippen MR) is 117 cm³/mol. The maximum Gasteiger partial charge on any atom is 0.242 e. The van der Waals surface area contributed by atoms with Gasteiger partial charge in [-0.15, -0.1) is 0 Å². The second-order valence-corrected chi connectivity index (χ2v) is 9.06. The number of aromatic nitrogens is 1. The highest BCUT2D eigenvalue weighted by Gasteiger charge is 2.54. The first-order chi connectivity index (χ1) is 15.2. The van der Waals surface area contributed by atoms with E-state index >= 15 is 0 Å². The number of nitrogens with zero attached hydrogens (tertiary/aromatic N) is 3. The van der Waals surface area contributed by atoms with E-state index in [1.807, 2.05) is 23.2 Å². The molecule has 162 valence electrons. The summed E-state index contributed by atoms with van der Waals surface area (Å²) in [5.74, 6) is 0.214. The Morgan fingerprint density at radius 2 is 1.84 bits per heavy atom. The summed E-state index contributed by atoms with van der Waals surface area (Å²) >= 11 is 0. The Hall–Kier alpha value is -2.73. The summed E-state index contributed by atoms with van der Waals surface area (Å²) in [7, 11) is 0. The zero-order valence-corrected chi connectivity index (χ0v) is 17.7. The number of pyridine rings is 1. The van der Waals surface area contributed by atoms with Gasteiger partial charge < -0.3 is 14.9 Å². The lowest BCUT2D eigenvalue weighted by atomic mass is 9.73.